The van der Waals surface area contributed by atoms with Gasteiger partial charge < -0.3 is 16.2 Å². The molecule has 17 heavy (non-hydrogen) atoms. The smallest absolute Gasteiger partial charge is 0.241 e. The number of nitrogens with zero attached hydrogens (tertiary/aromatic N) is 3. The number of carbonyl (C=O) groups is 1. The maximum atomic E-state index is 11.5. The highest BCUT2D eigenvalue weighted by atomic mass is 16.3. The normalized spacial score (nSPS) is 23.2. The van der Waals surface area contributed by atoms with Gasteiger partial charge in [-0.25, -0.2) is 4.68 Å². The first-order valence-corrected chi connectivity index (χ1v) is 5.71. The molecule has 1 heterocycles. The second-order valence-corrected chi connectivity index (χ2v) is 4.41. The van der Waals surface area contributed by atoms with Gasteiger partial charge in [0.2, 0.25) is 5.91 Å². The molecule has 1 aromatic rings. The molecule has 0 aromatic carbocycles. The van der Waals surface area contributed by atoms with E-state index < -0.39 is 0 Å². The summed E-state index contributed by atoms with van der Waals surface area (Å²) in [7, 11) is 0. The number of nitrogens with one attached hydrogen (secondary N) is 1. The van der Waals surface area contributed by atoms with Crippen LogP contribution in [0.2, 0.25) is 0 Å². The summed E-state index contributed by atoms with van der Waals surface area (Å²) in [4.78, 5) is 11.5. The molecule has 7 heteroatoms. The molecule has 1 aliphatic carbocycles. The van der Waals surface area contributed by atoms with Gasteiger partial charge in [-0.05, 0) is 18.8 Å². The Balaban J connectivity index is 1.69. The van der Waals surface area contributed by atoms with Gasteiger partial charge in [0.1, 0.15) is 6.54 Å². The average Bonchev–Trinajstić information content (AvgIpc) is 2.70. The molecule has 4 N–H and O–H groups in total. The molecule has 2 rings (SSSR count). The highest BCUT2D eigenvalue weighted by Gasteiger charge is 2.27. The minimum Gasteiger partial charge on any atom is -0.393 e. The van der Waals surface area contributed by atoms with E-state index in [2.05, 4.69) is 15.6 Å². The van der Waals surface area contributed by atoms with Crippen molar-refractivity contribution in [3.63, 3.8) is 0 Å². The first kappa shape index (κ1) is 12.0. The summed E-state index contributed by atoms with van der Waals surface area (Å²) in [5.74, 6) is 0.309. The number of aromatic nitrogens is 3. The van der Waals surface area contributed by atoms with Gasteiger partial charge in [0, 0.05) is 13.1 Å². The van der Waals surface area contributed by atoms with Crippen molar-refractivity contribution in [2.75, 3.05) is 6.54 Å². The predicted octanol–water partition coefficient (Wildman–Crippen LogP) is -1.38. The Bertz CT molecular complexity index is 386. The van der Waals surface area contributed by atoms with Crippen LogP contribution in [-0.2, 0) is 17.9 Å². The molecule has 94 valence electrons. The zero-order valence-corrected chi connectivity index (χ0v) is 9.54. The van der Waals surface area contributed by atoms with Crippen LogP contribution in [0.3, 0.4) is 0 Å². The number of rotatable bonds is 5. The van der Waals surface area contributed by atoms with Gasteiger partial charge in [-0.2, -0.15) is 0 Å². The van der Waals surface area contributed by atoms with E-state index in [1.807, 2.05) is 0 Å². The maximum Gasteiger partial charge on any atom is 0.241 e. The van der Waals surface area contributed by atoms with Crippen molar-refractivity contribution < 1.29 is 9.90 Å². The molecule has 0 aliphatic heterocycles. The Morgan fingerprint density at radius 2 is 2.41 bits per heavy atom. The van der Waals surface area contributed by atoms with E-state index in [9.17, 15) is 4.79 Å². The van der Waals surface area contributed by atoms with E-state index in [-0.39, 0.29) is 18.6 Å². The Hall–Kier alpha value is -1.47. The maximum absolute atomic E-state index is 11.5. The van der Waals surface area contributed by atoms with Crippen LogP contribution in [0.1, 0.15) is 18.5 Å². The third-order valence-electron chi connectivity index (χ3n) is 2.90. The van der Waals surface area contributed by atoms with Crippen LogP contribution < -0.4 is 11.1 Å². The third kappa shape index (κ3) is 3.24. The number of aliphatic hydroxyl groups excluding tert-OH is 1. The minimum absolute atomic E-state index is 0.0974. The van der Waals surface area contributed by atoms with Crippen LogP contribution in [-0.4, -0.2) is 38.7 Å². The lowest BCUT2D eigenvalue weighted by atomic mass is 9.82. The molecule has 0 bridgehead atoms. The SMILES string of the molecule is NCc1cn(CC(=O)NCC2CC(O)C2)nn1. The first-order valence-electron chi connectivity index (χ1n) is 5.71. The van der Waals surface area contributed by atoms with Gasteiger partial charge in [0.15, 0.2) is 0 Å². The van der Waals surface area contributed by atoms with Crippen LogP contribution in [0, 0.1) is 5.92 Å². The van der Waals surface area contributed by atoms with Crippen LogP contribution in [0.5, 0.6) is 0 Å². The first-order chi connectivity index (χ1) is 8.17. The molecule has 1 aromatic heterocycles. The summed E-state index contributed by atoms with van der Waals surface area (Å²) in [5.41, 5.74) is 6.06. The minimum atomic E-state index is -0.181. The zero-order chi connectivity index (χ0) is 12.3. The van der Waals surface area contributed by atoms with Crippen LogP contribution in [0.4, 0.5) is 0 Å². The van der Waals surface area contributed by atoms with Gasteiger partial charge in [-0.15, -0.1) is 5.10 Å². The summed E-state index contributed by atoms with van der Waals surface area (Å²) in [6.07, 6.45) is 3.04. The number of hydrogen-bond donors (Lipinski definition) is 3. The molecular formula is C10H17N5O2. The summed E-state index contributed by atoms with van der Waals surface area (Å²) >= 11 is 0. The summed E-state index contributed by atoms with van der Waals surface area (Å²) < 4.78 is 1.47. The summed E-state index contributed by atoms with van der Waals surface area (Å²) in [5, 5.41) is 19.5. The van der Waals surface area contributed by atoms with Crippen molar-refractivity contribution in [2.45, 2.75) is 32.0 Å². The van der Waals surface area contributed by atoms with Crippen molar-refractivity contribution >= 4 is 5.91 Å². The number of nitrogens with two attached hydrogens (primary N) is 1. The van der Waals surface area contributed by atoms with E-state index in [1.54, 1.807) is 6.20 Å². The summed E-state index contributed by atoms with van der Waals surface area (Å²) in [6.45, 7) is 1.10. The van der Waals surface area contributed by atoms with Crippen LogP contribution >= 0.6 is 0 Å². The van der Waals surface area contributed by atoms with E-state index in [4.69, 9.17) is 10.8 Å². The molecule has 1 saturated carbocycles. The highest BCUT2D eigenvalue weighted by molar-refractivity contribution is 5.75. The predicted molar refractivity (Wildman–Crippen MR) is 59.7 cm³/mol. The number of carbonyl (C=O) groups excluding carboxylic acids is 1. The Morgan fingerprint density at radius 1 is 1.65 bits per heavy atom. The molecule has 7 nitrogen and oxygen atoms in total. The van der Waals surface area contributed by atoms with Crippen molar-refractivity contribution in [1.29, 1.82) is 0 Å². The van der Waals surface area contributed by atoms with E-state index >= 15 is 0 Å². The highest BCUT2D eigenvalue weighted by Crippen LogP contribution is 2.25. The molecule has 1 aliphatic rings. The second kappa shape index (κ2) is 5.24. The van der Waals surface area contributed by atoms with Crippen molar-refractivity contribution in [3.05, 3.63) is 11.9 Å². The van der Waals surface area contributed by atoms with Gasteiger partial charge in [0.05, 0.1) is 18.0 Å². The fourth-order valence-corrected chi connectivity index (χ4v) is 1.84. The fraction of sp³-hybridized carbons (Fsp3) is 0.700. The molecule has 0 atom stereocenters. The van der Waals surface area contributed by atoms with E-state index in [0.29, 0.717) is 24.7 Å². The number of hydrogen-bond acceptors (Lipinski definition) is 5. The van der Waals surface area contributed by atoms with E-state index in [0.717, 1.165) is 12.8 Å². The van der Waals surface area contributed by atoms with Crippen LogP contribution in [0.25, 0.3) is 0 Å². The summed E-state index contributed by atoms with van der Waals surface area (Å²) in [6, 6.07) is 0. The number of aliphatic hydroxyl groups is 1. The van der Waals surface area contributed by atoms with Crippen molar-refractivity contribution in [2.24, 2.45) is 11.7 Å². The lowest BCUT2D eigenvalue weighted by molar-refractivity contribution is -0.122. The lowest BCUT2D eigenvalue weighted by Gasteiger charge is -2.31. The van der Waals surface area contributed by atoms with Gasteiger partial charge in [-0.3, -0.25) is 4.79 Å². The van der Waals surface area contributed by atoms with Crippen LogP contribution in [0.15, 0.2) is 6.20 Å². The van der Waals surface area contributed by atoms with Gasteiger partial charge in [0.25, 0.3) is 0 Å². The van der Waals surface area contributed by atoms with Gasteiger partial charge in [-0.1, -0.05) is 5.21 Å². The monoisotopic (exact) mass is 239 g/mol. The largest absolute Gasteiger partial charge is 0.393 e. The second-order valence-electron chi connectivity index (χ2n) is 4.41. The lowest BCUT2D eigenvalue weighted by Crippen LogP contribution is -2.39. The average molecular weight is 239 g/mol. The molecule has 0 radical (unpaired) electrons. The number of amides is 1. The molecule has 1 fully saturated rings. The Kier molecular flexibility index (Phi) is 3.70. The fourth-order valence-electron chi connectivity index (χ4n) is 1.84. The Labute approximate surface area is 99.0 Å². The van der Waals surface area contributed by atoms with Crippen molar-refractivity contribution in [3.8, 4) is 0 Å². The molecule has 0 unspecified atom stereocenters. The zero-order valence-electron chi connectivity index (χ0n) is 9.54. The third-order valence-corrected chi connectivity index (χ3v) is 2.90. The molecule has 0 saturated heterocycles. The molecule has 0 spiro atoms. The Morgan fingerprint density at radius 3 is 3.00 bits per heavy atom. The van der Waals surface area contributed by atoms with Gasteiger partial charge >= 0.3 is 0 Å². The van der Waals surface area contributed by atoms with Crippen molar-refractivity contribution in [1.82, 2.24) is 20.3 Å². The standard InChI is InChI=1S/C10H17N5O2/c11-3-8-5-15(14-13-8)6-10(17)12-4-7-1-9(16)2-7/h5,7,9,16H,1-4,6,11H2,(H,12,17). The molecular weight excluding hydrogens is 222 g/mol. The quantitative estimate of drug-likeness (QED) is 0.587. The topological polar surface area (TPSA) is 106 Å². The molecule has 1 amide bonds. The van der Waals surface area contributed by atoms with E-state index in [1.165, 1.54) is 4.68 Å².